The number of nitrogens with zero attached hydrogens (tertiary/aromatic N) is 1. The van der Waals surface area contributed by atoms with E-state index in [1.54, 1.807) is 0 Å². The average molecular weight is 445 g/mol. The minimum Gasteiger partial charge on any atom is -0.493 e. The molecule has 0 spiro atoms. The Bertz CT molecular complexity index is 569. The average Bonchev–Trinajstić information content (AvgIpc) is 3.03. The first-order chi connectivity index (χ1) is 11.0. The maximum absolute atomic E-state index is 6.01. The van der Waals surface area contributed by atoms with Gasteiger partial charge in [-0.2, -0.15) is 0 Å². The highest BCUT2D eigenvalue weighted by molar-refractivity contribution is 14.0. The molecule has 5 nitrogen and oxygen atoms in total. The molecule has 1 aromatic rings. The maximum Gasteiger partial charge on any atom is 0.189 e. The summed E-state index contributed by atoms with van der Waals surface area (Å²) in [5.74, 6) is 1.78. The van der Waals surface area contributed by atoms with Gasteiger partial charge in [0.15, 0.2) is 5.96 Å². The number of aliphatic imine (C=N–C) groups is 1. The molecule has 2 rings (SSSR count). The molecule has 24 heavy (non-hydrogen) atoms. The summed E-state index contributed by atoms with van der Waals surface area (Å²) in [6.07, 6.45) is 1.07. The molecule has 0 radical (unpaired) electrons. The standard InChI is InChI=1S/C18H27N3O2.HI/c1-13(2)9-20-18(19)21-10-16-5-4-14(3)8-17(16)23-12-15-6-7-22-11-15;/h4-5,8,15H,1,6-7,9-12H2,2-3H3,(H3,19,20,21);1H. The number of hydrogen-bond acceptors (Lipinski definition) is 3. The van der Waals surface area contributed by atoms with Crippen molar-refractivity contribution in [3.05, 3.63) is 41.5 Å². The molecule has 1 saturated heterocycles. The second-order valence-corrected chi connectivity index (χ2v) is 6.16. The Hall–Kier alpha value is -1.28. The summed E-state index contributed by atoms with van der Waals surface area (Å²) in [5, 5.41) is 3.03. The molecule has 1 heterocycles. The molecule has 1 aliphatic rings. The van der Waals surface area contributed by atoms with E-state index in [-0.39, 0.29) is 24.0 Å². The van der Waals surface area contributed by atoms with Gasteiger partial charge < -0.3 is 20.5 Å². The summed E-state index contributed by atoms with van der Waals surface area (Å²) in [7, 11) is 0. The van der Waals surface area contributed by atoms with Crippen molar-refractivity contribution in [3.8, 4) is 5.75 Å². The smallest absolute Gasteiger partial charge is 0.189 e. The third kappa shape index (κ3) is 7.09. The van der Waals surface area contributed by atoms with Crippen LogP contribution in [0.2, 0.25) is 0 Å². The van der Waals surface area contributed by atoms with E-state index in [4.69, 9.17) is 15.2 Å². The van der Waals surface area contributed by atoms with Crippen LogP contribution in [0.4, 0.5) is 0 Å². The topological polar surface area (TPSA) is 68.9 Å². The Balaban J connectivity index is 0.00000288. The Labute approximate surface area is 161 Å². The van der Waals surface area contributed by atoms with Crippen molar-refractivity contribution < 1.29 is 9.47 Å². The van der Waals surface area contributed by atoms with E-state index in [0.717, 1.165) is 36.5 Å². The molecule has 1 atom stereocenters. The number of halogens is 1. The lowest BCUT2D eigenvalue weighted by atomic mass is 10.1. The van der Waals surface area contributed by atoms with E-state index in [0.29, 0.717) is 31.6 Å². The van der Waals surface area contributed by atoms with E-state index in [9.17, 15) is 0 Å². The molecular formula is C18H28IN3O2. The first-order valence-electron chi connectivity index (χ1n) is 8.03. The Morgan fingerprint density at radius 3 is 2.96 bits per heavy atom. The maximum atomic E-state index is 6.01. The zero-order valence-corrected chi connectivity index (χ0v) is 16.8. The highest BCUT2D eigenvalue weighted by atomic mass is 127. The summed E-state index contributed by atoms with van der Waals surface area (Å²) >= 11 is 0. The van der Waals surface area contributed by atoms with E-state index < -0.39 is 0 Å². The molecule has 1 aromatic carbocycles. The zero-order valence-electron chi connectivity index (χ0n) is 14.5. The van der Waals surface area contributed by atoms with Gasteiger partial charge in [-0.3, -0.25) is 0 Å². The van der Waals surface area contributed by atoms with E-state index in [1.165, 1.54) is 5.56 Å². The molecule has 1 fully saturated rings. The molecule has 6 heteroatoms. The Morgan fingerprint density at radius 2 is 2.29 bits per heavy atom. The molecule has 1 unspecified atom stereocenters. The van der Waals surface area contributed by atoms with Gasteiger partial charge in [-0.25, -0.2) is 4.99 Å². The molecule has 0 aromatic heterocycles. The van der Waals surface area contributed by atoms with Crippen LogP contribution in [0.3, 0.4) is 0 Å². The van der Waals surface area contributed by atoms with Gasteiger partial charge in [0.25, 0.3) is 0 Å². The zero-order chi connectivity index (χ0) is 16.7. The van der Waals surface area contributed by atoms with Gasteiger partial charge in [0.2, 0.25) is 0 Å². The van der Waals surface area contributed by atoms with Crippen LogP contribution in [0.25, 0.3) is 0 Å². The van der Waals surface area contributed by atoms with Gasteiger partial charge in [0.1, 0.15) is 5.75 Å². The van der Waals surface area contributed by atoms with Gasteiger partial charge in [-0.15, -0.1) is 24.0 Å². The number of rotatable bonds is 7. The fourth-order valence-electron chi connectivity index (χ4n) is 2.32. The molecule has 0 amide bonds. The second kappa shape index (κ2) is 10.6. The number of benzene rings is 1. The van der Waals surface area contributed by atoms with Gasteiger partial charge in [0.05, 0.1) is 19.8 Å². The van der Waals surface area contributed by atoms with Crippen LogP contribution >= 0.6 is 24.0 Å². The highest BCUT2D eigenvalue weighted by Crippen LogP contribution is 2.23. The van der Waals surface area contributed by atoms with Crippen molar-refractivity contribution in [1.82, 2.24) is 5.32 Å². The fourth-order valence-corrected chi connectivity index (χ4v) is 2.32. The molecule has 0 bridgehead atoms. The Kier molecular flexibility index (Phi) is 9.13. The SMILES string of the molecule is C=C(C)CNC(N)=NCc1ccc(C)cc1OCC1CCOC1.I. The molecule has 0 saturated carbocycles. The van der Waals surface area contributed by atoms with Gasteiger partial charge in [0, 0.05) is 24.6 Å². The highest BCUT2D eigenvalue weighted by Gasteiger charge is 2.17. The van der Waals surface area contributed by atoms with Crippen molar-refractivity contribution in [2.24, 2.45) is 16.6 Å². The van der Waals surface area contributed by atoms with Crippen LogP contribution in [0.15, 0.2) is 35.3 Å². The number of hydrogen-bond donors (Lipinski definition) is 2. The monoisotopic (exact) mass is 445 g/mol. The van der Waals surface area contributed by atoms with Crippen molar-refractivity contribution >= 4 is 29.9 Å². The van der Waals surface area contributed by atoms with Gasteiger partial charge in [-0.1, -0.05) is 24.3 Å². The summed E-state index contributed by atoms with van der Waals surface area (Å²) < 4.78 is 11.4. The van der Waals surface area contributed by atoms with Crippen molar-refractivity contribution in [1.29, 1.82) is 0 Å². The van der Waals surface area contributed by atoms with Crippen LogP contribution in [-0.4, -0.2) is 32.3 Å². The number of nitrogens with one attached hydrogen (secondary N) is 1. The van der Waals surface area contributed by atoms with E-state index in [2.05, 4.69) is 35.9 Å². The van der Waals surface area contributed by atoms with Crippen molar-refractivity contribution in [3.63, 3.8) is 0 Å². The molecule has 3 N–H and O–H groups in total. The summed E-state index contributed by atoms with van der Waals surface area (Å²) in [6.45, 7) is 11.3. The summed E-state index contributed by atoms with van der Waals surface area (Å²) in [4.78, 5) is 4.37. The van der Waals surface area contributed by atoms with Gasteiger partial charge in [-0.05, 0) is 31.9 Å². The normalized spacial score (nSPS) is 17.2. The summed E-state index contributed by atoms with van der Waals surface area (Å²) in [6, 6.07) is 6.16. The lowest BCUT2D eigenvalue weighted by molar-refractivity contribution is 0.166. The van der Waals surface area contributed by atoms with Gasteiger partial charge >= 0.3 is 0 Å². The summed E-state index contributed by atoms with van der Waals surface area (Å²) in [5.41, 5.74) is 9.09. The van der Waals surface area contributed by atoms with Crippen LogP contribution in [0.1, 0.15) is 24.5 Å². The fraction of sp³-hybridized carbons (Fsp3) is 0.500. The molecule has 0 aliphatic carbocycles. The molecule has 1 aliphatic heterocycles. The minimum atomic E-state index is 0. The van der Waals surface area contributed by atoms with Crippen LogP contribution in [0, 0.1) is 12.8 Å². The lowest BCUT2D eigenvalue weighted by Crippen LogP contribution is -2.32. The first kappa shape index (κ1) is 20.8. The quantitative estimate of drug-likeness (QED) is 0.293. The predicted octanol–water partition coefficient (Wildman–Crippen LogP) is 3.01. The number of guanidine groups is 1. The van der Waals surface area contributed by atoms with Crippen molar-refractivity contribution in [2.45, 2.75) is 26.8 Å². The number of aryl methyl sites for hydroxylation is 1. The third-order valence-corrected chi connectivity index (χ3v) is 3.71. The van der Waals surface area contributed by atoms with E-state index >= 15 is 0 Å². The van der Waals surface area contributed by atoms with E-state index in [1.807, 2.05) is 13.0 Å². The Morgan fingerprint density at radius 1 is 1.50 bits per heavy atom. The van der Waals surface area contributed by atoms with Crippen LogP contribution in [0.5, 0.6) is 5.75 Å². The number of ether oxygens (including phenoxy) is 2. The largest absolute Gasteiger partial charge is 0.493 e. The minimum absolute atomic E-state index is 0. The predicted molar refractivity (Wildman–Crippen MR) is 109 cm³/mol. The molecule has 134 valence electrons. The molecular weight excluding hydrogens is 417 g/mol. The van der Waals surface area contributed by atoms with Crippen LogP contribution in [-0.2, 0) is 11.3 Å². The number of nitrogens with two attached hydrogens (primary N) is 1. The second-order valence-electron chi connectivity index (χ2n) is 6.16. The lowest BCUT2D eigenvalue weighted by Gasteiger charge is -2.14. The first-order valence-corrected chi connectivity index (χ1v) is 8.03. The third-order valence-electron chi connectivity index (χ3n) is 3.71. The van der Waals surface area contributed by atoms with Crippen molar-refractivity contribution in [2.75, 3.05) is 26.4 Å². The van der Waals surface area contributed by atoms with Crippen LogP contribution < -0.4 is 15.8 Å².